The fraction of sp³-hybridized carbons (Fsp3) is 0.500. The minimum absolute atomic E-state index is 0.253. The van der Waals surface area contributed by atoms with Gasteiger partial charge < -0.3 is 10.4 Å². The van der Waals surface area contributed by atoms with E-state index in [1.807, 2.05) is 0 Å². The van der Waals surface area contributed by atoms with Gasteiger partial charge in [-0.2, -0.15) is 11.8 Å². The third-order valence-electron chi connectivity index (χ3n) is 1.71. The summed E-state index contributed by atoms with van der Waals surface area (Å²) in [5.41, 5.74) is 0.633. The number of rotatable bonds is 6. The minimum Gasteiger partial charge on any atom is -0.480 e. The Labute approximate surface area is 111 Å². The second kappa shape index (κ2) is 6.77. The van der Waals surface area contributed by atoms with E-state index in [-0.39, 0.29) is 11.7 Å². The first-order valence-electron chi connectivity index (χ1n) is 4.55. The van der Waals surface area contributed by atoms with Gasteiger partial charge in [0.05, 0.1) is 0 Å². The normalized spacial score (nSPS) is 12.1. The molecule has 2 N–H and O–H groups in total. The lowest BCUT2D eigenvalue weighted by atomic mass is 10.3. The molecule has 0 aliphatic carbocycles. The van der Waals surface area contributed by atoms with Crippen molar-refractivity contribution < 1.29 is 14.7 Å². The zero-order valence-electron chi connectivity index (χ0n) is 8.84. The minimum atomic E-state index is -1.06. The van der Waals surface area contributed by atoms with Gasteiger partial charge in [0.1, 0.15) is 16.1 Å². The van der Waals surface area contributed by atoms with Crippen LogP contribution in [0.4, 0.5) is 0 Å². The van der Waals surface area contributed by atoms with Crippen molar-refractivity contribution in [1.82, 2.24) is 14.9 Å². The summed E-state index contributed by atoms with van der Waals surface area (Å²) in [6, 6.07) is -0.900. The van der Waals surface area contributed by atoms with Gasteiger partial charge in [-0.15, -0.1) is 5.10 Å². The van der Waals surface area contributed by atoms with Gasteiger partial charge in [0.25, 0.3) is 0 Å². The van der Waals surface area contributed by atoms with Gasteiger partial charge >= 0.3 is 5.97 Å². The summed E-state index contributed by atoms with van der Waals surface area (Å²) in [5, 5.41) is 15.0. The molecule has 0 radical (unpaired) electrons. The number of hydrogen-bond acceptors (Lipinski definition) is 6. The number of thioether (sulfide) groups is 1. The SMILES string of the molecule is CC(=O)NC(CSCc1nnsc1Cl)C(=O)O. The van der Waals surface area contributed by atoms with E-state index in [9.17, 15) is 9.59 Å². The largest absolute Gasteiger partial charge is 0.480 e. The lowest BCUT2D eigenvalue weighted by molar-refractivity contribution is -0.140. The number of aromatic nitrogens is 2. The van der Waals surface area contributed by atoms with E-state index in [1.54, 1.807) is 0 Å². The highest BCUT2D eigenvalue weighted by Gasteiger charge is 2.18. The molecule has 1 atom stereocenters. The Morgan fingerprint density at radius 2 is 2.35 bits per heavy atom. The first kappa shape index (κ1) is 14.2. The topological polar surface area (TPSA) is 92.2 Å². The molecule has 0 aliphatic heterocycles. The standard InChI is InChI=1S/C8H10ClN3O3S2/c1-4(13)10-6(8(14)15)3-16-2-5-7(9)17-12-11-5/h6H,2-3H2,1H3,(H,10,13)(H,14,15). The molecule has 0 aliphatic rings. The fourth-order valence-corrected chi connectivity index (χ4v) is 2.75. The van der Waals surface area contributed by atoms with Crippen LogP contribution in [0.3, 0.4) is 0 Å². The van der Waals surface area contributed by atoms with Gasteiger partial charge in [-0.25, -0.2) is 4.79 Å². The molecule has 1 rings (SSSR count). The highest BCUT2D eigenvalue weighted by Crippen LogP contribution is 2.22. The lowest BCUT2D eigenvalue weighted by Crippen LogP contribution is -2.41. The molecule has 0 saturated heterocycles. The van der Waals surface area contributed by atoms with Crippen LogP contribution in [-0.2, 0) is 15.3 Å². The average Bonchev–Trinajstić information content (AvgIpc) is 2.62. The maximum absolute atomic E-state index is 10.8. The van der Waals surface area contributed by atoms with E-state index < -0.39 is 12.0 Å². The van der Waals surface area contributed by atoms with E-state index >= 15 is 0 Å². The number of hydrogen-bond donors (Lipinski definition) is 2. The molecule has 6 nitrogen and oxygen atoms in total. The van der Waals surface area contributed by atoms with Crippen LogP contribution in [0.25, 0.3) is 0 Å². The highest BCUT2D eigenvalue weighted by atomic mass is 35.5. The molecule has 0 spiro atoms. The number of aliphatic carboxylic acids is 1. The quantitative estimate of drug-likeness (QED) is 0.814. The number of carbonyl (C=O) groups excluding carboxylic acids is 1. The van der Waals surface area contributed by atoms with Crippen LogP contribution in [0.1, 0.15) is 12.6 Å². The van der Waals surface area contributed by atoms with Crippen molar-refractivity contribution in [3.05, 3.63) is 10.0 Å². The molecule has 9 heteroatoms. The van der Waals surface area contributed by atoms with Crippen LogP contribution in [0.5, 0.6) is 0 Å². The van der Waals surface area contributed by atoms with Crippen molar-refractivity contribution in [3.8, 4) is 0 Å². The first-order valence-corrected chi connectivity index (χ1v) is 6.85. The van der Waals surface area contributed by atoms with Crippen LogP contribution in [0.15, 0.2) is 0 Å². The molecule has 94 valence electrons. The first-order chi connectivity index (χ1) is 8.00. The second-order valence-corrected chi connectivity index (χ2v) is 5.49. The molecule has 1 unspecified atom stereocenters. The van der Waals surface area contributed by atoms with Gasteiger partial charge in [0.2, 0.25) is 5.91 Å². The lowest BCUT2D eigenvalue weighted by Gasteiger charge is -2.11. The van der Waals surface area contributed by atoms with Crippen molar-refractivity contribution in [2.45, 2.75) is 18.7 Å². The summed E-state index contributed by atoms with van der Waals surface area (Å²) in [6.07, 6.45) is 0. The van der Waals surface area contributed by atoms with E-state index in [2.05, 4.69) is 14.9 Å². The van der Waals surface area contributed by atoms with Gasteiger partial charge in [0.15, 0.2) is 0 Å². The zero-order valence-corrected chi connectivity index (χ0v) is 11.2. The Morgan fingerprint density at radius 3 is 2.82 bits per heavy atom. The van der Waals surface area contributed by atoms with Crippen molar-refractivity contribution in [1.29, 1.82) is 0 Å². The van der Waals surface area contributed by atoms with E-state index in [0.29, 0.717) is 15.8 Å². The summed E-state index contributed by atoms with van der Waals surface area (Å²) in [7, 11) is 0. The predicted molar refractivity (Wildman–Crippen MR) is 66.3 cm³/mol. The summed E-state index contributed by atoms with van der Waals surface area (Å²) in [6.45, 7) is 1.28. The Morgan fingerprint density at radius 1 is 1.65 bits per heavy atom. The average molecular weight is 296 g/mol. The third-order valence-corrected chi connectivity index (χ3v) is 3.74. The van der Waals surface area contributed by atoms with Gasteiger partial charge in [-0.1, -0.05) is 16.1 Å². The fourth-order valence-electron chi connectivity index (χ4n) is 0.977. The Hall–Kier alpha value is -0.860. The van der Waals surface area contributed by atoms with Gasteiger partial charge in [-0.05, 0) is 0 Å². The van der Waals surface area contributed by atoms with Crippen LogP contribution >= 0.6 is 34.9 Å². The molecule has 1 aromatic rings. The molecule has 0 fully saturated rings. The maximum atomic E-state index is 10.8. The molecule has 17 heavy (non-hydrogen) atoms. The molecule has 1 heterocycles. The van der Waals surface area contributed by atoms with Crippen LogP contribution < -0.4 is 5.32 Å². The maximum Gasteiger partial charge on any atom is 0.327 e. The second-order valence-electron chi connectivity index (χ2n) is 3.10. The predicted octanol–water partition coefficient (Wildman–Crippen LogP) is 1.01. The number of carboxylic acids is 1. The number of carbonyl (C=O) groups is 2. The number of carboxylic acid groups (broad SMARTS) is 1. The molecule has 1 aromatic heterocycles. The summed E-state index contributed by atoms with van der Waals surface area (Å²) in [4.78, 5) is 21.6. The van der Waals surface area contributed by atoms with Crippen molar-refractivity contribution in [3.63, 3.8) is 0 Å². The van der Waals surface area contributed by atoms with E-state index in [0.717, 1.165) is 11.5 Å². The Kier molecular flexibility index (Phi) is 5.66. The number of halogens is 1. The zero-order chi connectivity index (χ0) is 12.8. The van der Waals surface area contributed by atoms with Crippen LogP contribution in [-0.4, -0.2) is 38.4 Å². The van der Waals surface area contributed by atoms with Crippen molar-refractivity contribution in [2.75, 3.05) is 5.75 Å². The molecule has 0 saturated carbocycles. The van der Waals surface area contributed by atoms with E-state index in [4.69, 9.17) is 16.7 Å². The van der Waals surface area contributed by atoms with Crippen LogP contribution in [0, 0.1) is 0 Å². The summed E-state index contributed by atoms with van der Waals surface area (Å²) >= 11 is 8.21. The van der Waals surface area contributed by atoms with Gasteiger partial charge in [0, 0.05) is 30.0 Å². The summed E-state index contributed by atoms with van der Waals surface area (Å²) in [5.74, 6) is -0.705. The highest BCUT2D eigenvalue weighted by molar-refractivity contribution is 7.98. The molecule has 1 amide bonds. The van der Waals surface area contributed by atoms with Crippen LogP contribution in [0.2, 0.25) is 4.34 Å². The monoisotopic (exact) mass is 295 g/mol. The molecular formula is C8H10ClN3O3S2. The van der Waals surface area contributed by atoms with Crippen molar-refractivity contribution in [2.24, 2.45) is 0 Å². The Bertz CT molecular complexity index is 412. The van der Waals surface area contributed by atoms with Crippen molar-refractivity contribution >= 4 is 46.8 Å². The van der Waals surface area contributed by atoms with E-state index in [1.165, 1.54) is 18.7 Å². The number of amides is 1. The molecule has 0 bridgehead atoms. The Balaban J connectivity index is 2.40. The third kappa shape index (κ3) is 4.88. The van der Waals surface area contributed by atoms with Gasteiger partial charge in [-0.3, -0.25) is 4.79 Å². The summed E-state index contributed by atoms with van der Waals surface area (Å²) < 4.78 is 4.17. The number of nitrogens with zero attached hydrogens (tertiary/aromatic N) is 2. The smallest absolute Gasteiger partial charge is 0.327 e. The molecular weight excluding hydrogens is 286 g/mol. The number of nitrogens with one attached hydrogen (secondary N) is 1. The molecule has 0 aromatic carbocycles.